The molecule has 0 aliphatic rings. The molecule has 0 bridgehead atoms. The maximum Gasteiger partial charge on any atom is 0.246 e. The summed E-state index contributed by atoms with van der Waals surface area (Å²) in [6.07, 6.45) is 22.7. The zero-order chi connectivity index (χ0) is 24.9. The van der Waals surface area contributed by atoms with Crippen LogP contribution in [0, 0.1) is 0 Å². The van der Waals surface area contributed by atoms with Crippen LogP contribution < -0.4 is 21.5 Å². The van der Waals surface area contributed by atoms with E-state index in [-0.39, 0.29) is 5.95 Å². The largest absolute Gasteiger partial charge is 0.368 e. The predicted octanol–water partition coefficient (Wildman–Crippen LogP) is 7.02. The molecule has 0 aliphatic heterocycles. The number of nitrogens with two attached hydrogens (primary N) is 2. The fraction of sp³-hybridized carbons (Fsp3) is 0.889. The molecule has 7 nitrogen and oxygen atoms in total. The van der Waals surface area contributed by atoms with Crippen molar-refractivity contribution >= 4 is 17.8 Å². The van der Waals surface area contributed by atoms with Crippen molar-refractivity contribution in [2.24, 2.45) is 5.84 Å². The molecular weight excluding hydrogens is 422 g/mol. The third kappa shape index (κ3) is 14.6. The SMILES string of the molecule is CCCCCCCCN(N)c1nc(N)nc(N(CCCCCCCC)CCCCCCCC)n1. The van der Waals surface area contributed by atoms with E-state index in [9.17, 15) is 0 Å². The number of nitrogens with zero attached hydrogens (tertiary/aromatic N) is 5. The van der Waals surface area contributed by atoms with E-state index in [4.69, 9.17) is 16.6 Å². The minimum atomic E-state index is 0.259. The van der Waals surface area contributed by atoms with E-state index in [0.29, 0.717) is 11.9 Å². The van der Waals surface area contributed by atoms with Gasteiger partial charge in [0.2, 0.25) is 17.8 Å². The second-order valence-electron chi connectivity index (χ2n) is 9.78. The topological polar surface area (TPSA) is 97.2 Å². The summed E-state index contributed by atoms with van der Waals surface area (Å²) in [6, 6.07) is 0. The molecule has 0 atom stereocenters. The van der Waals surface area contributed by atoms with Gasteiger partial charge in [-0.25, -0.2) is 5.84 Å². The molecule has 0 aromatic carbocycles. The number of rotatable bonds is 23. The molecule has 0 aliphatic carbocycles. The van der Waals surface area contributed by atoms with Crippen LogP contribution in [0.4, 0.5) is 17.8 Å². The van der Waals surface area contributed by atoms with Gasteiger partial charge in [0.25, 0.3) is 0 Å². The lowest BCUT2D eigenvalue weighted by atomic mass is 10.1. The maximum absolute atomic E-state index is 6.32. The lowest BCUT2D eigenvalue weighted by Crippen LogP contribution is -2.35. The van der Waals surface area contributed by atoms with Crippen LogP contribution in [-0.4, -0.2) is 34.6 Å². The van der Waals surface area contributed by atoms with Gasteiger partial charge in [-0.3, -0.25) is 5.01 Å². The smallest absolute Gasteiger partial charge is 0.246 e. The predicted molar refractivity (Wildman–Crippen MR) is 148 cm³/mol. The Kier molecular flexibility index (Phi) is 18.5. The molecule has 34 heavy (non-hydrogen) atoms. The van der Waals surface area contributed by atoms with Gasteiger partial charge in [-0.05, 0) is 19.3 Å². The molecule has 7 heteroatoms. The van der Waals surface area contributed by atoms with Crippen molar-refractivity contribution in [2.45, 2.75) is 136 Å². The molecule has 1 aromatic heterocycles. The Morgan fingerprint density at radius 1 is 0.500 bits per heavy atom. The third-order valence-electron chi connectivity index (χ3n) is 6.48. The number of hydrogen-bond acceptors (Lipinski definition) is 7. The zero-order valence-electron chi connectivity index (χ0n) is 22.7. The number of unbranched alkanes of at least 4 members (excludes halogenated alkanes) is 15. The van der Waals surface area contributed by atoms with Gasteiger partial charge in [0, 0.05) is 19.6 Å². The Balaban J connectivity index is 2.67. The normalized spacial score (nSPS) is 11.2. The van der Waals surface area contributed by atoms with Crippen LogP contribution in [0.3, 0.4) is 0 Å². The molecule has 0 saturated carbocycles. The van der Waals surface area contributed by atoms with E-state index < -0.39 is 0 Å². The van der Waals surface area contributed by atoms with E-state index in [2.05, 4.69) is 35.6 Å². The second-order valence-corrected chi connectivity index (χ2v) is 9.78. The van der Waals surface area contributed by atoms with Crippen LogP contribution in [0.15, 0.2) is 0 Å². The van der Waals surface area contributed by atoms with Crippen molar-refractivity contribution in [2.75, 3.05) is 35.3 Å². The first kappa shape index (κ1) is 30.4. The number of nitrogen functional groups attached to an aromatic ring is 1. The summed E-state index contributed by atoms with van der Waals surface area (Å²) in [6.45, 7) is 9.44. The van der Waals surface area contributed by atoms with Gasteiger partial charge in [-0.2, -0.15) is 15.0 Å². The summed E-state index contributed by atoms with van der Waals surface area (Å²) in [5, 5.41) is 1.65. The van der Waals surface area contributed by atoms with E-state index in [0.717, 1.165) is 38.9 Å². The highest BCUT2D eigenvalue weighted by atomic mass is 15.5. The monoisotopic (exact) mass is 477 g/mol. The third-order valence-corrected chi connectivity index (χ3v) is 6.48. The fourth-order valence-electron chi connectivity index (χ4n) is 4.28. The molecule has 0 saturated heterocycles. The van der Waals surface area contributed by atoms with Crippen LogP contribution >= 0.6 is 0 Å². The highest BCUT2D eigenvalue weighted by Gasteiger charge is 2.15. The first-order chi connectivity index (χ1) is 16.6. The van der Waals surface area contributed by atoms with Crippen LogP contribution in [0.5, 0.6) is 0 Å². The Morgan fingerprint density at radius 2 is 0.882 bits per heavy atom. The Bertz CT molecular complexity index is 580. The first-order valence-corrected chi connectivity index (χ1v) is 14.4. The zero-order valence-corrected chi connectivity index (χ0v) is 22.7. The van der Waals surface area contributed by atoms with Gasteiger partial charge in [0.05, 0.1) is 0 Å². The molecule has 4 N–H and O–H groups in total. The molecule has 0 spiro atoms. The molecular formula is C27H55N7. The summed E-state index contributed by atoms with van der Waals surface area (Å²) < 4.78 is 0. The van der Waals surface area contributed by atoms with E-state index in [1.165, 1.54) is 96.3 Å². The molecule has 0 amide bonds. The Hall–Kier alpha value is -1.63. The van der Waals surface area contributed by atoms with Crippen molar-refractivity contribution in [1.29, 1.82) is 0 Å². The fourth-order valence-corrected chi connectivity index (χ4v) is 4.28. The lowest BCUT2D eigenvalue weighted by Gasteiger charge is -2.24. The number of hydrazine groups is 1. The van der Waals surface area contributed by atoms with E-state index in [1.54, 1.807) is 5.01 Å². The van der Waals surface area contributed by atoms with Gasteiger partial charge in [-0.1, -0.05) is 117 Å². The molecule has 198 valence electrons. The quantitative estimate of drug-likeness (QED) is 0.0992. The second kappa shape index (κ2) is 20.7. The summed E-state index contributed by atoms with van der Waals surface area (Å²) in [4.78, 5) is 15.9. The molecule has 0 fully saturated rings. The van der Waals surface area contributed by atoms with Crippen molar-refractivity contribution in [3.8, 4) is 0 Å². The van der Waals surface area contributed by atoms with E-state index in [1.807, 2.05) is 0 Å². The van der Waals surface area contributed by atoms with Gasteiger partial charge in [0.1, 0.15) is 0 Å². The summed E-state index contributed by atoms with van der Waals surface area (Å²) in [5.41, 5.74) is 6.09. The average molecular weight is 478 g/mol. The molecule has 1 rings (SSSR count). The Morgan fingerprint density at radius 3 is 1.35 bits per heavy atom. The molecule has 0 unspecified atom stereocenters. The number of anilines is 3. The molecule has 1 aromatic rings. The van der Waals surface area contributed by atoms with Gasteiger partial charge in [-0.15, -0.1) is 0 Å². The summed E-state index contributed by atoms with van der Waals surface area (Å²) in [7, 11) is 0. The Labute approximate surface area is 210 Å². The molecule has 1 heterocycles. The summed E-state index contributed by atoms with van der Waals surface area (Å²) in [5.74, 6) is 7.75. The number of aromatic nitrogens is 3. The van der Waals surface area contributed by atoms with Gasteiger partial charge in [0.15, 0.2) is 0 Å². The van der Waals surface area contributed by atoms with Crippen molar-refractivity contribution < 1.29 is 0 Å². The van der Waals surface area contributed by atoms with Gasteiger partial charge < -0.3 is 10.6 Å². The average Bonchev–Trinajstić information content (AvgIpc) is 2.83. The highest BCUT2D eigenvalue weighted by Crippen LogP contribution is 2.18. The van der Waals surface area contributed by atoms with E-state index >= 15 is 0 Å². The minimum Gasteiger partial charge on any atom is -0.368 e. The van der Waals surface area contributed by atoms with Crippen LogP contribution in [0.25, 0.3) is 0 Å². The van der Waals surface area contributed by atoms with Crippen molar-refractivity contribution in [3.05, 3.63) is 0 Å². The van der Waals surface area contributed by atoms with Crippen LogP contribution in [0.2, 0.25) is 0 Å². The summed E-state index contributed by atoms with van der Waals surface area (Å²) >= 11 is 0. The van der Waals surface area contributed by atoms with Crippen molar-refractivity contribution in [1.82, 2.24) is 15.0 Å². The lowest BCUT2D eigenvalue weighted by molar-refractivity contribution is 0.569. The standard InChI is InChI=1S/C27H55N7/c1-4-7-10-13-16-19-22-33(23-20-17-14-11-8-5-2)26-30-25(28)31-27(32-26)34(29)24-21-18-15-12-9-6-3/h4-24,29H2,1-3H3,(H2,28,30,31,32). The first-order valence-electron chi connectivity index (χ1n) is 14.4. The minimum absolute atomic E-state index is 0.259. The van der Waals surface area contributed by atoms with Crippen LogP contribution in [0.1, 0.15) is 136 Å². The van der Waals surface area contributed by atoms with Crippen LogP contribution in [-0.2, 0) is 0 Å². The highest BCUT2D eigenvalue weighted by molar-refractivity contribution is 5.42. The number of hydrogen-bond donors (Lipinski definition) is 2. The molecule has 0 radical (unpaired) electrons. The van der Waals surface area contributed by atoms with Gasteiger partial charge >= 0.3 is 0 Å². The maximum atomic E-state index is 6.32. The van der Waals surface area contributed by atoms with Crippen molar-refractivity contribution in [3.63, 3.8) is 0 Å².